The summed E-state index contributed by atoms with van der Waals surface area (Å²) in [6, 6.07) is -0.487. The van der Waals surface area contributed by atoms with Crippen LogP contribution < -0.4 is 10.6 Å². The van der Waals surface area contributed by atoms with Crippen LogP contribution in [-0.4, -0.2) is 36.6 Å². The van der Waals surface area contributed by atoms with E-state index in [-0.39, 0.29) is 22.8 Å². The molecule has 0 unspecified atom stereocenters. The van der Waals surface area contributed by atoms with Crippen LogP contribution in [0.15, 0.2) is 0 Å². The lowest BCUT2D eigenvalue weighted by Gasteiger charge is -2.24. The van der Waals surface area contributed by atoms with Gasteiger partial charge in [0.15, 0.2) is 0 Å². The predicted molar refractivity (Wildman–Crippen MR) is 94.2 cm³/mol. The summed E-state index contributed by atoms with van der Waals surface area (Å²) in [6.45, 7) is 16.9. The van der Waals surface area contributed by atoms with Gasteiger partial charge in [0.25, 0.3) is 0 Å². The zero-order chi connectivity index (χ0) is 18.3. The summed E-state index contributed by atoms with van der Waals surface area (Å²) in [5.41, 5.74) is -0.313. The van der Waals surface area contributed by atoms with Gasteiger partial charge in [0.1, 0.15) is 6.04 Å². The first-order valence-corrected chi connectivity index (χ1v) is 8.51. The van der Waals surface area contributed by atoms with Crippen LogP contribution in [0.5, 0.6) is 0 Å². The highest BCUT2D eigenvalue weighted by Crippen LogP contribution is 2.18. The molecule has 5 nitrogen and oxygen atoms in total. The average Bonchev–Trinajstić information content (AvgIpc) is 2.29. The zero-order valence-corrected chi connectivity index (χ0v) is 16.2. The number of rotatable bonds is 8. The lowest BCUT2D eigenvalue weighted by Crippen LogP contribution is -2.48. The molecule has 0 aliphatic carbocycles. The van der Waals surface area contributed by atoms with Gasteiger partial charge in [-0.1, -0.05) is 34.6 Å². The van der Waals surface area contributed by atoms with Crippen LogP contribution >= 0.6 is 0 Å². The highest BCUT2D eigenvalue weighted by molar-refractivity contribution is 5.87. The van der Waals surface area contributed by atoms with Crippen molar-refractivity contribution in [1.29, 1.82) is 0 Å². The zero-order valence-electron chi connectivity index (χ0n) is 16.2. The molecule has 0 rings (SSSR count). The largest absolute Gasteiger partial charge is 0.374 e. The van der Waals surface area contributed by atoms with Gasteiger partial charge in [-0.25, -0.2) is 0 Å². The van der Waals surface area contributed by atoms with Gasteiger partial charge in [-0.15, -0.1) is 0 Å². The molecule has 0 bridgehead atoms. The molecule has 0 heterocycles. The third kappa shape index (κ3) is 13.1. The normalized spacial score (nSPS) is 13.8. The third-order valence-corrected chi connectivity index (χ3v) is 2.99. The van der Waals surface area contributed by atoms with Crippen molar-refractivity contribution in [2.24, 2.45) is 11.3 Å². The van der Waals surface area contributed by atoms with Crippen molar-refractivity contribution in [3.63, 3.8) is 0 Å². The molecule has 0 aromatic rings. The standard InChI is InChI=1S/C18H36N2O3/c1-13(2)11-14(20-15(21)12-17(3,4)5)16(22)19-9-10-23-18(6,7)8/h13-14H,9-12H2,1-8H3,(H,19,22)(H,20,21)/t14-/m0/s1. The molecule has 0 aliphatic heterocycles. The molecule has 0 aromatic carbocycles. The van der Waals surface area contributed by atoms with E-state index in [0.29, 0.717) is 31.9 Å². The molecule has 0 saturated heterocycles. The van der Waals surface area contributed by atoms with Gasteiger partial charge in [0.2, 0.25) is 11.8 Å². The molecule has 1 atom stereocenters. The van der Waals surface area contributed by atoms with E-state index in [4.69, 9.17) is 4.74 Å². The van der Waals surface area contributed by atoms with Gasteiger partial charge in [-0.05, 0) is 38.5 Å². The maximum absolute atomic E-state index is 12.3. The third-order valence-electron chi connectivity index (χ3n) is 2.99. The summed E-state index contributed by atoms with van der Waals surface area (Å²) in [6.07, 6.45) is 1.03. The van der Waals surface area contributed by atoms with Crippen LogP contribution in [0, 0.1) is 11.3 Å². The van der Waals surface area contributed by atoms with Crippen LogP contribution in [-0.2, 0) is 14.3 Å². The number of amides is 2. The number of nitrogens with one attached hydrogen (secondary N) is 2. The van der Waals surface area contributed by atoms with Crippen LogP contribution in [0.3, 0.4) is 0 Å². The molecular weight excluding hydrogens is 292 g/mol. The van der Waals surface area contributed by atoms with E-state index in [2.05, 4.69) is 10.6 Å². The summed E-state index contributed by atoms with van der Waals surface area (Å²) >= 11 is 0. The van der Waals surface area contributed by atoms with Crippen LogP contribution in [0.4, 0.5) is 0 Å². The van der Waals surface area contributed by atoms with Gasteiger partial charge in [0, 0.05) is 13.0 Å². The number of ether oxygens (including phenoxy) is 1. The summed E-state index contributed by atoms with van der Waals surface area (Å²) < 4.78 is 5.59. The lowest BCUT2D eigenvalue weighted by molar-refractivity contribution is -0.130. The first kappa shape index (κ1) is 21.9. The molecule has 2 amide bonds. The predicted octanol–water partition coefficient (Wildman–Crippen LogP) is 2.88. The van der Waals surface area contributed by atoms with Crippen molar-refractivity contribution in [3.8, 4) is 0 Å². The van der Waals surface area contributed by atoms with Crippen molar-refractivity contribution in [3.05, 3.63) is 0 Å². The molecule has 2 N–H and O–H groups in total. The second-order valence-corrected chi connectivity index (χ2v) is 8.74. The minimum Gasteiger partial charge on any atom is -0.374 e. The van der Waals surface area contributed by atoms with Crippen molar-refractivity contribution in [2.75, 3.05) is 13.2 Å². The lowest BCUT2D eigenvalue weighted by atomic mass is 9.91. The van der Waals surface area contributed by atoms with Gasteiger partial charge in [-0.3, -0.25) is 9.59 Å². The maximum atomic E-state index is 12.3. The Morgan fingerprint density at radius 3 is 2.04 bits per heavy atom. The van der Waals surface area contributed by atoms with E-state index in [0.717, 1.165) is 0 Å². The van der Waals surface area contributed by atoms with E-state index in [1.54, 1.807) is 0 Å². The molecular formula is C18H36N2O3. The Balaban J connectivity index is 4.47. The number of hydrogen-bond donors (Lipinski definition) is 2. The average molecular weight is 328 g/mol. The van der Waals surface area contributed by atoms with E-state index in [1.807, 2.05) is 55.4 Å². The Morgan fingerprint density at radius 2 is 1.61 bits per heavy atom. The monoisotopic (exact) mass is 328 g/mol. The first-order valence-electron chi connectivity index (χ1n) is 8.51. The molecule has 0 aliphatic rings. The molecule has 0 fully saturated rings. The Bertz CT molecular complexity index is 379. The minimum absolute atomic E-state index is 0.0794. The first-order chi connectivity index (χ1) is 10.3. The SMILES string of the molecule is CC(C)C[C@H](NC(=O)CC(C)(C)C)C(=O)NCCOC(C)(C)C. The highest BCUT2D eigenvalue weighted by atomic mass is 16.5. The van der Waals surface area contributed by atoms with Crippen molar-refractivity contribution in [1.82, 2.24) is 10.6 Å². The quantitative estimate of drug-likeness (QED) is 0.673. The molecule has 0 spiro atoms. The van der Waals surface area contributed by atoms with Crippen LogP contribution in [0.2, 0.25) is 0 Å². The molecule has 0 aromatic heterocycles. The smallest absolute Gasteiger partial charge is 0.242 e. The number of hydrogen-bond acceptors (Lipinski definition) is 3. The minimum atomic E-state index is -0.487. The second-order valence-electron chi connectivity index (χ2n) is 8.74. The maximum Gasteiger partial charge on any atom is 0.242 e. The number of carbonyl (C=O) groups excluding carboxylic acids is 2. The van der Waals surface area contributed by atoms with Gasteiger partial charge < -0.3 is 15.4 Å². The summed E-state index contributed by atoms with van der Waals surface area (Å²) in [5, 5.41) is 5.72. The van der Waals surface area contributed by atoms with Crippen molar-refractivity contribution in [2.45, 2.75) is 79.9 Å². The summed E-state index contributed by atoms with van der Waals surface area (Å²) in [5.74, 6) is 0.106. The van der Waals surface area contributed by atoms with Crippen LogP contribution in [0.25, 0.3) is 0 Å². The Kier molecular flexibility index (Phi) is 8.82. The highest BCUT2D eigenvalue weighted by Gasteiger charge is 2.24. The Hall–Kier alpha value is -1.10. The fourth-order valence-electron chi connectivity index (χ4n) is 2.08. The van der Waals surface area contributed by atoms with E-state index in [1.165, 1.54) is 0 Å². The topological polar surface area (TPSA) is 67.4 Å². The molecule has 0 saturated carbocycles. The molecule has 5 heteroatoms. The van der Waals surface area contributed by atoms with Gasteiger partial charge >= 0.3 is 0 Å². The number of carbonyl (C=O) groups is 2. The van der Waals surface area contributed by atoms with Gasteiger partial charge in [0.05, 0.1) is 12.2 Å². The second kappa shape index (κ2) is 9.26. The fraction of sp³-hybridized carbons (Fsp3) is 0.889. The van der Waals surface area contributed by atoms with Crippen molar-refractivity contribution < 1.29 is 14.3 Å². The van der Waals surface area contributed by atoms with Crippen LogP contribution in [0.1, 0.15) is 68.2 Å². The summed E-state index contributed by atoms with van der Waals surface area (Å²) in [7, 11) is 0. The van der Waals surface area contributed by atoms with E-state index < -0.39 is 6.04 Å². The molecule has 136 valence electrons. The molecule has 23 heavy (non-hydrogen) atoms. The summed E-state index contributed by atoms with van der Waals surface area (Å²) in [4.78, 5) is 24.4. The van der Waals surface area contributed by atoms with E-state index in [9.17, 15) is 9.59 Å². The van der Waals surface area contributed by atoms with Gasteiger partial charge in [-0.2, -0.15) is 0 Å². The Morgan fingerprint density at radius 1 is 1.04 bits per heavy atom. The Labute approximate surface area is 141 Å². The molecule has 0 radical (unpaired) electrons. The van der Waals surface area contributed by atoms with E-state index >= 15 is 0 Å². The fourth-order valence-corrected chi connectivity index (χ4v) is 2.08. The van der Waals surface area contributed by atoms with Crippen molar-refractivity contribution >= 4 is 11.8 Å².